The van der Waals surface area contributed by atoms with E-state index in [0.29, 0.717) is 0 Å². The van der Waals surface area contributed by atoms with E-state index in [-0.39, 0.29) is 0 Å². The van der Waals surface area contributed by atoms with E-state index in [2.05, 4.69) is 56.8 Å². The van der Waals surface area contributed by atoms with Crippen LogP contribution in [0.4, 0.5) is 0 Å². The molecule has 0 aliphatic heterocycles. The van der Waals surface area contributed by atoms with Crippen LogP contribution in [0.1, 0.15) is 46.7 Å². The zero-order valence-electron chi connectivity index (χ0n) is 12.5. The van der Waals surface area contributed by atoms with Crippen LogP contribution in [0.15, 0.2) is 43.0 Å². The van der Waals surface area contributed by atoms with Crippen molar-refractivity contribution in [3.05, 3.63) is 76.4 Å². The summed E-state index contributed by atoms with van der Waals surface area (Å²) in [7, 11) is 0. The number of aryl methyl sites for hydroxylation is 4. The third-order valence-corrected chi connectivity index (χ3v) is 4.29. The molecule has 1 aliphatic rings. The predicted octanol–water partition coefficient (Wildman–Crippen LogP) is 5.11. The molecule has 0 amide bonds. The highest BCUT2D eigenvalue weighted by atomic mass is 14.2. The van der Waals surface area contributed by atoms with Gasteiger partial charge in [-0.05, 0) is 59.6 Å². The van der Waals surface area contributed by atoms with Gasteiger partial charge in [-0.1, -0.05) is 61.9 Å². The van der Waals surface area contributed by atoms with E-state index in [1.807, 2.05) is 0 Å². The van der Waals surface area contributed by atoms with Gasteiger partial charge in [0.05, 0.1) is 0 Å². The number of benzene rings is 2. The average molecular weight is 262 g/mol. The van der Waals surface area contributed by atoms with Crippen molar-refractivity contribution in [2.24, 2.45) is 0 Å². The molecule has 0 aromatic heterocycles. The summed E-state index contributed by atoms with van der Waals surface area (Å²) in [5.41, 5.74) is 9.57. The molecular weight excluding hydrogens is 240 g/mol. The largest absolute Gasteiger partial charge is 0.0905 e. The van der Waals surface area contributed by atoms with Gasteiger partial charge in [0, 0.05) is 0 Å². The molecule has 0 fully saturated rings. The van der Waals surface area contributed by atoms with E-state index >= 15 is 0 Å². The number of hydrogen-bond donors (Lipinski definition) is 0. The summed E-state index contributed by atoms with van der Waals surface area (Å²) in [4.78, 5) is 0. The minimum absolute atomic E-state index is 1.12. The Morgan fingerprint density at radius 2 is 1.75 bits per heavy atom. The van der Waals surface area contributed by atoms with Crippen LogP contribution in [0.2, 0.25) is 0 Å². The maximum atomic E-state index is 4.39. The van der Waals surface area contributed by atoms with Crippen molar-refractivity contribution >= 4 is 5.57 Å². The summed E-state index contributed by atoms with van der Waals surface area (Å²) >= 11 is 0. The van der Waals surface area contributed by atoms with Crippen LogP contribution in [0, 0.1) is 6.92 Å². The van der Waals surface area contributed by atoms with Gasteiger partial charge >= 0.3 is 0 Å². The maximum Gasteiger partial charge on any atom is -0.0149 e. The zero-order chi connectivity index (χ0) is 14.1. The highest BCUT2D eigenvalue weighted by Gasteiger charge is 2.16. The minimum atomic E-state index is 1.12. The standard InChI is InChI=1S/C20H22/c1-4-5-16-7-8-17-9-10-18-12-14(2)6-11-19(18)15(3)20(17)13-16/h6-8,11-13H,3-5,9-10H2,1-2H3. The van der Waals surface area contributed by atoms with Crippen LogP contribution in [0.5, 0.6) is 0 Å². The fraction of sp³-hybridized carbons (Fsp3) is 0.300. The molecule has 0 heterocycles. The molecule has 0 radical (unpaired) electrons. The summed E-state index contributed by atoms with van der Waals surface area (Å²) in [6.45, 7) is 8.79. The molecule has 0 saturated heterocycles. The lowest BCUT2D eigenvalue weighted by atomic mass is 9.93. The molecule has 0 unspecified atom stereocenters. The first-order chi connectivity index (χ1) is 9.69. The molecule has 20 heavy (non-hydrogen) atoms. The van der Waals surface area contributed by atoms with Gasteiger partial charge < -0.3 is 0 Å². The molecule has 0 heteroatoms. The second-order valence-corrected chi connectivity index (χ2v) is 5.88. The lowest BCUT2D eigenvalue weighted by molar-refractivity contribution is 0.914. The van der Waals surface area contributed by atoms with Gasteiger partial charge in [0.1, 0.15) is 0 Å². The SMILES string of the molecule is C=C1c2ccc(C)cc2CCc2ccc(CCC)cc21. The normalized spacial score (nSPS) is 13.6. The fourth-order valence-electron chi connectivity index (χ4n) is 3.20. The minimum Gasteiger partial charge on any atom is -0.0905 e. The van der Waals surface area contributed by atoms with Crippen molar-refractivity contribution in [3.8, 4) is 0 Å². The van der Waals surface area contributed by atoms with Crippen molar-refractivity contribution < 1.29 is 0 Å². The molecule has 0 atom stereocenters. The fourth-order valence-corrected chi connectivity index (χ4v) is 3.20. The van der Waals surface area contributed by atoms with Crippen LogP contribution < -0.4 is 0 Å². The Hall–Kier alpha value is -1.82. The van der Waals surface area contributed by atoms with Crippen LogP contribution in [0.25, 0.3) is 5.57 Å². The highest BCUT2D eigenvalue weighted by molar-refractivity contribution is 5.82. The lowest BCUT2D eigenvalue weighted by Gasteiger charge is -2.12. The Labute approximate surface area is 122 Å². The quantitative estimate of drug-likeness (QED) is 0.705. The number of fused-ring (bicyclic) bond motifs is 2. The smallest absolute Gasteiger partial charge is 0.0149 e. The van der Waals surface area contributed by atoms with E-state index in [4.69, 9.17) is 0 Å². The first-order valence-corrected chi connectivity index (χ1v) is 7.60. The Morgan fingerprint density at radius 1 is 0.950 bits per heavy atom. The molecule has 0 bridgehead atoms. The second kappa shape index (κ2) is 5.28. The van der Waals surface area contributed by atoms with Crippen molar-refractivity contribution in [2.45, 2.75) is 39.5 Å². The zero-order valence-corrected chi connectivity index (χ0v) is 12.5. The average Bonchev–Trinajstić information content (AvgIpc) is 2.57. The Kier molecular flexibility index (Phi) is 3.48. The predicted molar refractivity (Wildman–Crippen MR) is 87.2 cm³/mol. The first kappa shape index (κ1) is 13.2. The topological polar surface area (TPSA) is 0 Å². The molecule has 2 aromatic rings. The van der Waals surface area contributed by atoms with Gasteiger partial charge in [0.15, 0.2) is 0 Å². The van der Waals surface area contributed by atoms with E-state index < -0.39 is 0 Å². The molecule has 0 nitrogen and oxygen atoms in total. The van der Waals surface area contributed by atoms with Gasteiger partial charge in [-0.3, -0.25) is 0 Å². The third kappa shape index (κ3) is 2.31. The molecular formula is C20H22. The van der Waals surface area contributed by atoms with Crippen LogP contribution in [-0.2, 0) is 19.3 Å². The Morgan fingerprint density at radius 3 is 2.55 bits per heavy atom. The monoisotopic (exact) mass is 262 g/mol. The van der Waals surface area contributed by atoms with Gasteiger partial charge in [0.2, 0.25) is 0 Å². The van der Waals surface area contributed by atoms with E-state index in [1.165, 1.54) is 45.4 Å². The summed E-state index contributed by atoms with van der Waals surface area (Å²) < 4.78 is 0. The third-order valence-electron chi connectivity index (χ3n) is 4.29. The Bertz CT molecular complexity index is 662. The first-order valence-electron chi connectivity index (χ1n) is 7.60. The number of hydrogen-bond acceptors (Lipinski definition) is 0. The van der Waals surface area contributed by atoms with Crippen molar-refractivity contribution in [3.63, 3.8) is 0 Å². The molecule has 0 N–H and O–H groups in total. The maximum absolute atomic E-state index is 4.39. The van der Waals surface area contributed by atoms with E-state index in [1.54, 1.807) is 0 Å². The lowest BCUT2D eigenvalue weighted by Crippen LogP contribution is -1.94. The van der Waals surface area contributed by atoms with E-state index in [9.17, 15) is 0 Å². The van der Waals surface area contributed by atoms with Crippen molar-refractivity contribution in [1.29, 1.82) is 0 Å². The van der Waals surface area contributed by atoms with Gasteiger partial charge in [-0.25, -0.2) is 0 Å². The summed E-state index contributed by atoms with van der Waals surface area (Å²) in [6.07, 6.45) is 4.59. The van der Waals surface area contributed by atoms with Gasteiger partial charge in [-0.2, -0.15) is 0 Å². The van der Waals surface area contributed by atoms with Gasteiger partial charge in [-0.15, -0.1) is 0 Å². The molecule has 3 rings (SSSR count). The summed E-state index contributed by atoms with van der Waals surface area (Å²) in [5.74, 6) is 0. The molecule has 102 valence electrons. The highest BCUT2D eigenvalue weighted by Crippen LogP contribution is 2.33. The van der Waals surface area contributed by atoms with Crippen molar-refractivity contribution in [1.82, 2.24) is 0 Å². The van der Waals surface area contributed by atoms with E-state index in [0.717, 1.165) is 19.3 Å². The van der Waals surface area contributed by atoms with Crippen molar-refractivity contribution in [2.75, 3.05) is 0 Å². The number of rotatable bonds is 2. The molecule has 0 spiro atoms. The second-order valence-electron chi connectivity index (χ2n) is 5.88. The molecule has 1 aliphatic carbocycles. The van der Waals surface area contributed by atoms with Crippen LogP contribution in [-0.4, -0.2) is 0 Å². The molecule has 2 aromatic carbocycles. The summed E-state index contributed by atoms with van der Waals surface area (Å²) in [6, 6.07) is 13.7. The summed E-state index contributed by atoms with van der Waals surface area (Å²) in [5, 5.41) is 0. The van der Waals surface area contributed by atoms with Crippen LogP contribution >= 0.6 is 0 Å². The van der Waals surface area contributed by atoms with Gasteiger partial charge in [0.25, 0.3) is 0 Å². The van der Waals surface area contributed by atoms with Crippen LogP contribution in [0.3, 0.4) is 0 Å². The Balaban J connectivity index is 2.10. The molecule has 0 saturated carbocycles.